The van der Waals surface area contributed by atoms with Gasteiger partial charge in [-0.25, -0.2) is 0 Å². The lowest BCUT2D eigenvalue weighted by Crippen LogP contribution is -2.33. The molecule has 2 heterocycles. The standard InChI is InChI=1S/C18H12F4N4O/c19-17(20)18(21,22)27-13-3-1-2-12(8-13)10-4-6-11(7-5-10)15-16(14-9-23-14)25-26-24-15/h1-9,14,17H,(H,24,25,26). The van der Waals surface area contributed by atoms with Crippen molar-refractivity contribution in [2.24, 2.45) is 4.99 Å². The van der Waals surface area contributed by atoms with Crippen LogP contribution in [-0.2, 0) is 0 Å². The summed E-state index contributed by atoms with van der Waals surface area (Å²) in [5, 5.41) is 10.8. The lowest BCUT2D eigenvalue weighted by atomic mass is 10.0. The van der Waals surface area contributed by atoms with E-state index in [4.69, 9.17) is 0 Å². The first-order valence-corrected chi connectivity index (χ1v) is 7.94. The number of benzene rings is 2. The van der Waals surface area contributed by atoms with Crippen molar-refractivity contribution in [2.45, 2.75) is 18.6 Å². The van der Waals surface area contributed by atoms with E-state index in [0.29, 0.717) is 16.8 Å². The maximum Gasteiger partial charge on any atom is 0.461 e. The molecule has 9 heteroatoms. The van der Waals surface area contributed by atoms with Crippen molar-refractivity contribution in [1.82, 2.24) is 15.4 Å². The fourth-order valence-electron chi connectivity index (χ4n) is 2.60. The molecule has 27 heavy (non-hydrogen) atoms. The summed E-state index contributed by atoms with van der Waals surface area (Å²) >= 11 is 0. The Bertz CT molecular complexity index is 979. The van der Waals surface area contributed by atoms with Crippen LogP contribution in [-0.4, -0.2) is 34.2 Å². The van der Waals surface area contributed by atoms with Crippen LogP contribution in [0.1, 0.15) is 11.7 Å². The molecular formula is C18H12F4N4O. The zero-order chi connectivity index (χ0) is 19.0. The second kappa shape index (κ2) is 6.49. The van der Waals surface area contributed by atoms with Gasteiger partial charge in [0.05, 0.1) is 0 Å². The van der Waals surface area contributed by atoms with E-state index in [0.717, 1.165) is 11.3 Å². The number of halogens is 4. The van der Waals surface area contributed by atoms with Gasteiger partial charge in [-0.05, 0) is 23.3 Å². The van der Waals surface area contributed by atoms with Crippen molar-refractivity contribution in [1.29, 1.82) is 0 Å². The normalized spacial score (nSPS) is 16.0. The van der Waals surface area contributed by atoms with Crippen LogP contribution in [0.4, 0.5) is 17.6 Å². The highest BCUT2D eigenvalue weighted by Crippen LogP contribution is 2.33. The summed E-state index contributed by atoms with van der Waals surface area (Å²) in [5.74, 6) is -0.341. The summed E-state index contributed by atoms with van der Waals surface area (Å²) in [4.78, 5) is 4.07. The van der Waals surface area contributed by atoms with Crippen LogP contribution in [0.15, 0.2) is 53.5 Å². The smallest absolute Gasteiger partial charge is 0.428 e. The van der Waals surface area contributed by atoms with E-state index in [-0.39, 0.29) is 11.8 Å². The van der Waals surface area contributed by atoms with Crippen LogP contribution in [0, 0.1) is 0 Å². The van der Waals surface area contributed by atoms with Crippen LogP contribution < -0.4 is 4.74 Å². The van der Waals surface area contributed by atoms with Crippen molar-refractivity contribution in [3.8, 4) is 28.1 Å². The van der Waals surface area contributed by atoms with Crippen LogP contribution in [0.2, 0.25) is 0 Å². The highest BCUT2D eigenvalue weighted by Gasteiger charge is 2.44. The molecule has 1 atom stereocenters. The minimum Gasteiger partial charge on any atom is -0.428 e. The summed E-state index contributed by atoms with van der Waals surface area (Å²) in [5.41, 5.74) is 3.48. The third-order valence-electron chi connectivity index (χ3n) is 3.99. The van der Waals surface area contributed by atoms with E-state index >= 15 is 0 Å². The van der Waals surface area contributed by atoms with Crippen LogP contribution in [0.5, 0.6) is 5.75 Å². The van der Waals surface area contributed by atoms with E-state index in [1.165, 1.54) is 18.2 Å². The molecule has 0 saturated carbocycles. The lowest BCUT2D eigenvalue weighted by molar-refractivity contribution is -0.253. The number of hydrogen-bond donors (Lipinski definition) is 1. The Morgan fingerprint density at radius 1 is 0.963 bits per heavy atom. The molecule has 0 amide bonds. The molecule has 3 aromatic rings. The average molecular weight is 376 g/mol. The molecule has 4 rings (SSSR count). The summed E-state index contributed by atoms with van der Waals surface area (Å²) in [6, 6.07) is 12.7. The SMILES string of the molecule is FC(F)C(F)(F)Oc1cccc(-c2ccc(-c3n[nH]nc3C3C=N3)cc2)c1. The molecular weight excluding hydrogens is 364 g/mol. The first kappa shape index (κ1) is 17.2. The molecule has 1 aromatic heterocycles. The van der Waals surface area contributed by atoms with E-state index in [1.54, 1.807) is 36.5 Å². The number of H-pyrrole nitrogens is 1. The molecule has 0 bridgehead atoms. The summed E-state index contributed by atoms with van der Waals surface area (Å²) < 4.78 is 54.9. The minimum absolute atomic E-state index is 0.0521. The van der Waals surface area contributed by atoms with Crippen molar-refractivity contribution < 1.29 is 22.3 Å². The number of aromatic nitrogens is 3. The van der Waals surface area contributed by atoms with Gasteiger partial charge in [0.1, 0.15) is 23.2 Å². The van der Waals surface area contributed by atoms with Gasteiger partial charge in [0, 0.05) is 11.8 Å². The highest BCUT2D eigenvalue weighted by atomic mass is 19.3. The number of rotatable bonds is 6. The van der Waals surface area contributed by atoms with E-state index in [2.05, 4.69) is 25.1 Å². The zero-order valence-corrected chi connectivity index (χ0v) is 13.6. The monoisotopic (exact) mass is 376 g/mol. The topological polar surface area (TPSA) is 63.2 Å². The molecule has 0 saturated heterocycles. The van der Waals surface area contributed by atoms with E-state index < -0.39 is 12.5 Å². The number of aliphatic imine (C=N–C) groups is 1. The van der Waals surface area contributed by atoms with Crippen LogP contribution in [0.3, 0.4) is 0 Å². The lowest BCUT2D eigenvalue weighted by Gasteiger charge is -2.17. The maximum absolute atomic E-state index is 13.1. The Labute approximate surface area is 150 Å². The number of nitrogens with one attached hydrogen (secondary N) is 1. The second-order valence-corrected chi connectivity index (χ2v) is 5.87. The molecule has 0 fully saturated rings. The number of nitrogens with zero attached hydrogens (tertiary/aromatic N) is 3. The third-order valence-corrected chi connectivity index (χ3v) is 3.99. The number of hydrogen-bond acceptors (Lipinski definition) is 4. The molecule has 1 N–H and O–H groups in total. The summed E-state index contributed by atoms with van der Waals surface area (Å²) in [7, 11) is 0. The molecule has 5 nitrogen and oxygen atoms in total. The Hall–Kier alpha value is -3.23. The van der Waals surface area contributed by atoms with Gasteiger partial charge in [0.15, 0.2) is 0 Å². The Morgan fingerprint density at radius 2 is 1.67 bits per heavy atom. The minimum atomic E-state index is -4.54. The Balaban J connectivity index is 1.57. The number of aromatic amines is 1. The molecule has 1 aliphatic rings. The molecule has 138 valence electrons. The van der Waals surface area contributed by atoms with Crippen molar-refractivity contribution in [2.75, 3.05) is 0 Å². The molecule has 0 radical (unpaired) electrons. The summed E-state index contributed by atoms with van der Waals surface area (Å²) in [6.07, 6.45) is -6.69. The first-order chi connectivity index (χ1) is 12.9. The van der Waals surface area contributed by atoms with E-state index in [1.807, 2.05) is 0 Å². The van der Waals surface area contributed by atoms with Crippen LogP contribution in [0.25, 0.3) is 22.4 Å². The van der Waals surface area contributed by atoms with Gasteiger partial charge in [0.25, 0.3) is 0 Å². The van der Waals surface area contributed by atoms with Gasteiger partial charge in [-0.3, -0.25) is 4.99 Å². The molecule has 0 spiro atoms. The molecule has 1 unspecified atom stereocenters. The molecule has 1 aliphatic heterocycles. The van der Waals surface area contributed by atoms with Gasteiger partial charge in [-0.2, -0.15) is 33.0 Å². The number of alkyl halides is 4. The average Bonchev–Trinajstić information content (AvgIpc) is 3.38. The van der Waals surface area contributed by atoms with Gasteiger partial charge >= 0.3 is 12.5 Å². The second-order valence-electron chi connectivity index (χ2n) is 5.87. The van der Waals surface area contributed by atoms with E-state index in [9.17, 15) is 17.6 Å². The Morgan fingerprint density at radius 3 is 2.33 bits per heavy atom. The molecule has 2 aromatic carbocycles. The number of ether oxygens (including phenoxy) is 1. The third kappa shape index (κ3) is 3.53. The van der Waals surface area contributed by atoms with Gasteiger partial charge in [0.2, 0.25) is 0 Å². The van der Waals surface area contributed by atoms with Crippen molar-refractivity contribution >= 4 is 6.21 Å². The quantitative estimate of drug-likeness (QED) is 0.645. The maximum atomic E-state index is 13.1. The fraction of sp³-hybridized carbons (Fsp3) is 0.167. The first-order valence-electron chi connectivity index (χ1n) is 7.94. The predicted octanol–water partition coefficient (Wildman–Crippen LogP) is 4.50. The van der Waals surface area contributed by atoms with Gasteiger partial charge in [-0.15, -0.1) is 0 Å². The zero-order valence-electron chi connectivity index (χ0n) is 13.6. The molecule has 0 aliphatic carbocycles. The van der Waals surface area contributed by atoms with Crippen LogP contribution >= 0.6 is 0 Å². The largest absolute Gasteiger partial charge is 0.461 e. The van der Waals surface area contributed by atoms with Gasteiger partial charge < -0.3 is 4.74 Å². The van der Waals surface area contributed by atoms with Crippen molar-refractivity contribution in [3.63, 3.8) is 0 Å². The van der Waals surface area contributed by atoms with Gasteiger partial charge in [-0.1, -0.05) is 36.4 Å². The Kier molecular flexibility index (Phi) is 4.14. The van der Waals surface area contributed by atoms with Crippen molar-refractivity contribution in [3.05, 3.63) is 54.2 Å². The predicted molar refractivity (Wildman–Crippen MR) is 90.1 cm³/mol. The fourth-order valence-corrected chi connectivity index (χ4v) is 2.60. The highest BCUT2D eigenvalue weighted by molar-refractivity contribution is 5.82. The summed E-state index contributed by atoms with van der Waals surface area (Å²) in [6.45, 7) is 0.